The van der Waals surface area contributed by atoms with Crippen LogP contribution in [-0.2, 0) is 0 Å². The van der Waals surface area contributed by atoms with Crippen molar-refractivity contribution in [3.05, 3.63) is 83.8 Å². The molecule has 0 N–H and O–H groups in total. The SMILES string of the molecule is Clc1ccccc1-c1nc(C=Nc2ccccn2)c2ccccn12. The largest absolute Gasteiger partial charge is 0.299 e. The second kappa shape index (κ2) is 6.26. The van der Waals surface area contributed by atoms with Gasteiger partial charge in [0.1, 0.15) is 11.5 Å². The molecule has 0 aliphatic rings. The standard InChI is InChI=1S/C19H13ClN4/c20-15-8-2-1-7-14(15)19-23-16(17-9-4-6-12-24(17)19)13-22-18-10-3-5-11-21-18/h1-13H. The summed E-state index contributed by atoms with van der Waals surface area (Å²) >= 11 is 6.34. The van der Waals surface area contributed by atoms with E-state index in [0.29, 0.717) is 10.8 Å². The maximum Gasteiger partial charge on any atom is 0.151 e. The number of rotatable bonds is 3. The van der Waals surface area contributed by atoms with Gasteiger partial charge in [-0.2, -0.15) is 0 Å². The molecule has 4 nitrogen and oxygen atoms in total. The van der Waals surface area contributed by atoms with Crippen molar-refractivity contribution in [2.75, 3.05) is 0 Å². The van der Waals surface area contributed by atoms with Crippen molar-refractivity contribution in [2.45, 2.75) is 0 Å². The van der Waals surface area contributed by atoms with E-state index in [4.69, 9.17) is 16.6 Å². The maximum absolute atomic E-state index is 6.34. The molecule has 0 aliphatic carbocycles. The third-order valence-corrected chi connectivity index (χ3v) is 3.99. The molecule has 0 bridgehead atoms. The summed E-state index contributed by atoms with van der Waals surface area (Å²) in [4.78, 5) is 13.3. The van der Waals surface area contributed by atoms with Gasteiger partial charge in [-0.15, -0.1) is 0 Å². The lowest BCUT2D eigenvalue weighted by molar-refractivity contribution is 1.16. The highest BCUT2D eigenvalue weighted by Gasteiger charge is 2.13. The van der Waals surface area contributed by atoms with Crippen molar-refractivity contribution in [2.24, 2.45) is 4.99 Å². The first-order valence-corrected chi connectivity index (χ1v) is 7.88. The molecule has 3 heterocycles. The summed E-state index contributed by atoms with van der Waals surface area (Å²) in [7, 11) is 0. The van der Waals surface area contributed by atoms with Gasteiger partial charge < -0.3 is 0 Å². The van der Waals surface area contributed by atoms with Crippen molar-refractivity contribution >= 4 is 29.2 Å². The van der Waals surface area contributed by atoms with Crippen LogP contribution >= 0.6 is 11.6 Å². The highest BCUT2D eigenvalue weighted by atomic mass is 35.5. The molecule has 0 saturated carbocycles. The number of benzene rings is 1. The number of aliphatic imine (C=N–C) groups is 1. The van der Waals surface area contributed by atoms with Gasteiger partial charge >= 0.3 is 0 Å². The molecule has 0 radical (unpaired) electrons. The molecular weight excluding hydrogens is 320 g/mol. The van der Waals surface area contributed by atoms with Crippen LogP contribution in [0.3, 0.4) is 0 Å². The maximum atomic E-state index is 6.34. The Labute approximate surface area is 144 Å². The molecule has 0 aliphatic heterocycles. The molecule has 0 unspecified atom stereocenters. The monoisotopic (exact) mass is 332 g/mol. The van der Waals surface area contributed by atoms with Crippen molar-refractivity contribution in [1.82, 2.24) is 14.4 Å². The van der Waals surface area contributed by atoms with Gasteiger partial charge in [0.05, 0.1) is 16.8 Å². The summed E-state index contributed by atoms with van der Waals surface area (Å²) in [6.45, 7) is 0. The predicted octanol–water partition coefficient (Wildman–Crippen LogP) is 4.80. The molecule has 24 heavy (non-hydrogen) atoms. The van der Waals surface area contributed by atoms with Crippen LogP contribution in [0.15, 0.2) is 78.0 Å². The van der Waals surface area contributed by atoms with E-state index >= 15 is 0 Å². The number of aromatic nitrogens is 3. The van der Waals surface area contributed by atoms with Crippen LogP contribution in [0.4, 0.5) is 5.82 Å². The van der Waals surface area contributed by atoms with Gasteiger partial charge in [0.25, 0.3) is 0 Å². The van der Waals surface area contributed by atoms with Gasteiger partial charge in [-0.05, 0) is 36.4 Å². The van der Waals surface area contributed by atoms with E-state index in [9.17, 15) is 0 Å². The van der Waals surface area contributed by atoms with Crippen molar-refractivity contribution < 1.29 is 0 Å². The predicted molar refractivity (Wildman–Crippen MR) is 97.1 cm³/mol. The lowest BCUT2D eigenvalue weighted by Gasteiger charge is -2.02. The zero-order valence-corrected chi connectivity index (χ0v) is 13.4. The Hall–Kier alpha value is -2.98. The summed E-state index contributed by atoms with van der Waals surface area (Å²) in [6.07, 6.45) is 5.42. The van der Waals surface area contributed by atoms with Crippen LogP contribution in [0.5, 0.6) is 0 Å². The number of imidazole rings is 1. The molecule has 116 valence electrons. The highest BCUT2D eigenvalue weighted by Crippen LogP contribution is 2.28. The van der Waals surface area contributed by atoms with Gasteiger partial charge in [0.15, 0.2) is 5.82 Å². The quantitative estimate of drug-likeness (QED) is 0.506. The van der Waals surface area contributed by atoms with E-state index in [2.05, 4.69) is 9.98 Å². The van der Waals surface area contributed by atoms with Crippen LogP contribution in [0, 0.1) is 0 Å². The normalized spacial score (nSPS) is 11.4. The minimum atomic E-state index is 0.647. The third kappa shape index (κ3) is 2.68. The molecule has 4 aromatic rings. The lowest BCUT2D eigenvalue weighted by atomic mass is 10.2. The molecule has 4 rings (SSSR count). The highest BCUT2D eigenvalue weighted by molar-refractivity contribution is 6.33. The Balaban J connectivity index is 1.86. The smallest absolute Gasteiger partial charge is 0.151 e. The first kappa shape index (κ1) is 14.6. The van der Waals surface area contributed by atoms with Crippen LogP contribution in [0.2, 0.25) is 5.02 Å². The Bertz CT molecular complexity index is 1020. The molecule has 3 aromatic heterocycles. The van der Waals surface area contributed by atoms with E-state index < -0.39 is 0 Å². The number of fused-ring (bicyclic) bond motifs is 1. The molecule has 0 fully saturated rings. The zero-order valence-electron chi connectivity index (χ0n) is 12.7. The van der Waals surface area contributed by atoms with E-state index in [1.165, 1.54) is 0 Å². The van der Waals surface area contributed by atoms with Gasteiger partial charge in [-0.25, -0.2) is 15.0 Å². The molecule has 1 aromatic carbocycles. The fourth-order valence-corrected chi connectivity index (χ4v) is 2.77. The summed E-state index contributed by atoms with van der Waals surface area (Å²) in [5.41, 5.74) is 2.63. The van der Waals surface area contributed by atoms with E-state index in [-0.39, 0.29) is 0 Å². The number of pyridine rings is 2. The summed E-state index contributed by atoms with van der Waals surface area (Å²) < 4.78 is 2.01. The molecular formula is C19H13ClN4. The average molecular weight is 333 g/mol. The van der Waals surface area contributed by atoms with Crippen LogP contribution in [-0.4, -0.2) is 20.6 Å². The van der Waals surface area contributed by atoms with Crippen molar-refractivity contribution in [3.8, 4) is 11.4 Å². The average Bonchev–Trinajstić information content (AvgIpc) is 3.00. The van der Waals surface area contributed by atoms with E-state index in [0.717, 1.165) is 22.6 Å². The second-order valence-electron chi connectivity index (χ2n) is 5.20. The van der Waals surface area contributed by atoms with Crippen LogP contribution in [0.25, 0.3) is 16.9 Å². The molecule has 0 atom stereocenters. The Kier molecular flexibility index (Phi) is 3.81. The lowest BCUT2D eigenvalue weighted by Crippen LogP contribution is -1.88. The summed E-state index contributed by atoms with van der Waals surface area (Å²) in [6, 6.07) is 19.3. The van der Waals surface area contributed by atoms with Gasteiger partial charge in [0, 0.05) is 18.0 Å². The third-order valence-electron chi connectivity index (χ3n) is 3.66. The fourth-order valence-electron chi connectivity index (χ4n) is 2.55. The van der Waals surface area contributed by atoms with Gasteiger partial charge in [0.2, 0.25) is 0 Å². The zero-order chi connectivity index (χ0) is 16.4. The first-order chi connectivity index (χ1) is 11.8. The second-order valence-corrected chi connectivity index (χ2v) is 5.61. The number of halogens is 1. The van der Waals surface area contributed by atoms with E-state index in [1.807, 2.05) is 71.3 Å². The fraction of sp³-hybridized carbons (Fsp3) is 0. The Morgan fingerprint density at radius 2 is 1.79 bits per heavy atom. The first-order valence-electron chi connectivity index (χ1n) is 7.50. The van der Waals surface area contributed by atoms with Crippen molar-refractivity contribution in [1.29, 1.82) is 0 Å². The summed E-state index contributed by atoms with van der Waals surface area (Å²) in [5.74, 6) is 1.44. The minimum Gasteiger partial charge on any atom is -0.299 e. The minimum absolute atomic E-state index is 0.647. The van der Waals surface area contributed by atoms with Gasteiger partial charge in [-0.1, -0.05) is 35.9 Å². The van der Waals surface area contributed by atoms with Crippen LogP contribution in [0.1, 0.15) is 5.69 Å². The Morgan fingerprint density at radius 1 is 0.958 bits per heavy atom. The topological polar surface area (TPSA) is 42.5 Å². The molecule has 0 saturated heterocycles. The van der Waals surface area contributed by atoms with Crippen LogP contribution < -0.4 is 0 Å². The number of hydrogen-bond acceptors (Lipinski definition) is 3. The summed E-state index contributed by atoms with van der Waals surface area (Å²) in [5, 5.41) is 0.668. The van der Waals surface area contributed by atoms with Crippen molar-refractivity contribution in [3.63, 3.8) is 0 Å². The Morgan fingerprint density at radius 3 is 2.62 bits per heavy atom. The number of nitrogens with zero attached hydrogens (tertiary/aromatic N) is 4. The van der Waals surface area contributed by atoms with Gasteiger partial charge in [-0.3, -0.25) is 4.40 Å². The number of hydrogen-bond donors (Lipinski definition) is 0. The van der Waals surface area contributed by atoms with E-state index in [1.54, 1.807) is 12.4 Å². The molecule has 5 heteroatoms. The molecule has 0 spiro atoms. The molecule has 0 amide bonds.